The molecule has 1 aliphatic carbocycles. The number of alkyl halides is 3. The Bertz CT molecular complexity index is 1640. The fourth-order valence-electron chi connectivity index (χ4n) is 4.48. The molecule has 5 rings (SSSR count). The molecular weight excluding hydrogens is 535 g/mol. The standard InChI is InChI=1S/C26H20F3N5O6/c27-26(28,29)40-16-3-1-2-13(8-16)12-30-23(36)18-11-19(34-21(32-18)6-7-31-34)24(37)33-22-17-5-4-14(25(38)39)9-15(17)10-20(22)35/h1-9,11,20,22,35H,10,12H2,(H,30,36)(H,33,37)(H,38,39)/t20-,22-/m1/s1. The Balaban J connectivity index is 1.35. The number of carbonyl (C=O) groups is 3. The van der Waals surface area contributed by atoms with Gasteiger partial charge in [-0.1, -0.05) is 18.2 Å². The average Bonchev–Trinajstić information content (AvgIpc) is 3.49. The van der Waals surface area contributed by atoms with Crippen LogP contribution in [-0.2, 0) is 13.0 Å². The van der Waals surface area contributed by atoms with Crippen LogP contribution in [0.25, 0.3) is 5.65 Å². The Morgan fingerprint density at radius 1 is 1.07 bits per heavy atom. The molecular formula is C26H20F3N5O6. The van der Waals surface area contributed by atoms with Gasteiger partial charge in [0.15, 0.2) is 5.65 Å². The third-order valence-electron chi connectivity index (χ3n) is 6.24. The van der Waals surface area contributed by atoms with Gasteiger partial charge in [0.05, 0.1) is 23.9 Å². The predicted molar refractivity (Wildman–Crippen MR) is 131 cm³/mol. The number of hydrogen-bond acceptors (Lipinski definition) is 7. The summed E-state index contributed by atoms with van der Waals surface area (Å²) in [4.78, 5) is 41.7. The van der Waals surface area contributed by atoms with E-state index >= 15 is 0 Å². The van der Waals surface area contributed by atoms with Crippen LogP contribution < -0.4 is 15.4 Å². The lowest BCUT2D eigenvalue weighted by Crippen LogP contribution is -2.35. The van der Waals surface area contributed by atoms with Crippen molar-refractivity contribution in [2.24, 2.45) is 0 Å². The molecule has 0 aliphatic heterocycles. The highest BCUT2D eigenvalue weighted by Crippen LogP contribution is 2.32. The van der Waals surface area contributed by atoms with E-state index in [1.165, 1.54) is 53.2 Å². The number of amides is 2. The van der Waals surface area contributed by atoms with Gasteiger partial charge >= 0.3 is 12.3 Å². The number of rotatable bonds is 7. The minimum Gasteiger partial charge on any atom is -0.478 e. The van der Waals surface area contributed by atoms with Crippen LogP contribution in [0.5, 0.6) is 5.75 Å². The molecule has 0 bridgehead atoms. The zero-order chi connectivity index (χ0) is 28.6. The van der Waals surface area contributed by atoms with Crippen molar-refractivity contribution >= 4 is 23.4 Å². The number of hydrogen-bond donors (Lipinski definition) is 4. The number of carboxylic acid groups (broad SMARTS) is 1. The number of nitrogens with zero attached hydrogens (tertiary/aromatic N) is 3. The molecule has 11 nitrogen and oxygen atoms in total. The summed E-state index contributed by atoms with van der Waals surface area (Å²) < 4.78 is 42.6. The molecule has 1 aliphatic rings. The van der Waals surface area contributed by atoms with Crippen molar-refractivity contribution in [1.82, 2.24) is 25.2 Å². The van der Waals surface area contributed by atoms with Gasteiger partial charge in [0.25, 0.3) is 11.8 Å². The number of aliphatic hydroxyl groups is 1. The maximum atomic E-state index is 13.3. The van der Waals surface area contributed by atoms with E-state index in [0.29, 0.717) is 16.7 Å². The average molecular weight is 555 g/mol. The molecule has 2 aromatic carbocycles. The summed E-state index contributed by atoms with van der Waals surface area (Å²) >= 11 is 0. The first-order valence-corrected chi connectivity index (χ1v) is 11.8. The molecule has 206 valence electrons. The van der Waals surface area contributed by atoms with Crippen molar-refractivity contribution in [3.63, 3.8) is 0 Å². The van der Waals surface area contributed by atoms with Gasteiger partial charge in [-0.3, -0.25) is 9.59 Å². The van der Waals surface area contributed by atoms with Crippen molar-refractivity contribution in [3.05, 3.63) is 94.4 Å². The summed E-state index contributed by atoms with van der Waals surface area (Å²) in [6, 6.07) is 11.3. The highest BCUT2D eigenvalue weighted by atomic mass is 19.4. The van der Waals surface area contributed by atoms with Crippen LogP contribution in [0.1, 0.15) is 54.1 Å². The van der Waals surface area contributed by atoms with Crippen LogP contribution >= 0.6 is 0 Å². The smallest absolute Gasteiger partial charge is 0.478 e. The summed E-state index contributed by atoms with van der Waals surface area (Å²) in [5.41, 5.74) is 1.49. The number of halogens is 3. The number of ether oxygens (including phenoxy) is 1. The van der Waals surface area contributed by atoms with Gasteiger partial charge in [0.1, 0.15) is 17.1 Å². The molecule has 14 heteroatoms. The lowest BCUT2D eigenvalue weighted by molar-refractivity contribution is -0.274. The second-order valence-corrected chi connectivity index (χ2v) is 8.95. The van der Waals surface area contributed by atoms with Crippen molar-refractivity contribution in [3.8, 4) is 5.75 Å². The molecule has 0 fully saturated rings. The Morgan fingerprint density at radius 2 is 1.88 bits per heavy atom. The number of nitrogens with one attached hydrogen (secondary N) is 2. The van der Waals surface area contributed by atoms with E-state index in [-0.39, 0.29) is 35.6 Å². The van der Waals surface area contributed by atoms with E-state index in [1.807, 2.05) is 0 Å². The van der Waals surface area contributed by atoms with E-state index in [9.17, 15) is 37.8 Å². The van der Waals surface area contributed by atoms with Gasteiger partial charge in [-0.05, 0) is 41.0 Å². The van der Waals surface area contributed by atoms with Gasteiger partial charge in [0, 0.05) is 25.1 Å². The molecule has 40 heavy (non-hydrogen) atoms. The van der Waals surface area contributed by atoms with E-state index in [4.69, 9.17) is 0 Å². The molecule has 2 aromatic heterocycles. The van der Waals surface area contributed by atoms with Crippen molar-refractivity contribution in [2.75, 3.05) is 0 Å². The Kier molecular flexibility index (Phi) is 6.85. The first kappa shape index (κ1) is 26.6. The summed E-state index contributed by atoms with van der Waals surface area (Å²) in [5.74, 6) is -2.93. The lowest BCUT2D eigenvalue weighted by atomic mass is 10.0. The first-order valence-electron chi connectivity index (χ1n) is 11.8. The fraction of sp³-hybridized carbons (Fsp3) is 0.192. The molecule has 0 saturated heterocycles. The molecule has 2 amide bonds. The van der Waals surface area contributed by atoms with Gasteiger partial charge in [-0.25, -0.2) is 14.3 Å². The quantitative estimate of drug-likeness (QED) is 0.271. The number of aromatic nitrogens is 3. The summed E-state index contributed by atoms with van der Waals surface area (Å²) in [7, 11) is 0. The van der Waals surface area contributed by atoms with Crippen molar-refractivity contribution in [2.45, 2.75) is 31.5 Å². The number of benzene rings is 2. The third kappa shape index (κ3) is 5.56. The number of aromatic carboxylic acids is 1. The fourth-order valence-corrected chi connectivity index (χ4v) is 4.48. The zero-order valence-electron chi connectivity index (χ0n) is 20.3. The van der Waals surface area contributed by atoms with Gasteiger partial charge < -0.3 is 25.6 Å². The summed E-state index contributed by atoms with van der Waals surface area (Å²) in [6.45, 7) is -0.148. The lowest BCUT2D eigenvalue weighted by Gasteiger charge is -2.18. The van der Waals surface area contributed by atoms with Crippen LogP contribution in [0.2, 0.25) is 0 Å². The second-order valence-electron chi connectivity index (χ2n) is 8.95. The molecule has 0 unspecified atom stereocenters. The predicted octanol–water partition coefficient (Wildman–Crippen LogP) is 2.64. The zero-order valence-corrected chi connectivity index (χ0v) is 20.3. The minimum absolute atomic E-state index is 0.0561. The van der Waals surface area contributed by atoms with E-state index in [0.717, 1.165) is 12.1 Å². The maximum absolute atomic E-state index is 13.3. The van der Waals surface area contributed by atoms with Gasteiger partial charge in [-0.2, -0.15) is 5.10 Å². The first-order chi connectivity index (χ1) is 19.0. The minimum atomic E-state index is -4.86. The highest BCUT2D eigenvalue weighted by Gasteiger charge is 2.34. The molecule has 2 heterocycles. The highest BCUT2D eigenvalue weighted by molar-refractivity contribution is 5.98. The largest absolute Gasteiger partial charge is 0.573 e. The normalized spacial score (nSPS) is 16.4. The maximum Gasteiger partial charge on any atom is 0.573 e. The number of fused-ring (bicyclic) bond motifs is 2. The van der Waals surface area contributed by atoms with Crippen LogP contribution in [0.4, 0.5) is 13.2 Å². The Labute approximate surface area is 223 Å². The Hall–Kier alpha value is -4.98. The SMILES string of the molecule is O=C(O)c1ccc2c(c1)C[C@@H](O)[C@@H]2NC(=O)c1cc(C(=O)NCc2cccc(OC(F)(F)F)c2)nc2ccnn12. The molecule has 4 N–H and O–H groups in total. The molecule has 0 radical (unpaired) electrons. The van der Waals surface area contributed by atoms with Crippen LogP contribution in [0, 0.1) is 0 Å². The topological polar surface area (TPSA) is 155 Å². The van der Waals surface area contributed by atoms with Crippen molar-refractivity contribution < 1.29 is 42.5 Å². The van der Waals surface area contributed by atoms with Crippen LogP contribution in [-0.4, -0.2) is 55.1 Å². The van der Waals surface area contributed by atoms with Crippen LogP contribution in [0.15, 0.2) is 60.8 Å². The number of carbonyl (C=O) groups excluding carboxylic acids is 2. The second kappa shape index (κ2) is 10.3. The molecule has 0 spiro atoms. The van der Waals surface area contributed by atoms with Gasteiger partial charge in [0.2, 0.25) is 0 Å². The van der Waals surface area contributed by atoms with Crippen LogP contribution in [0.3, 0.4) is 0 Å². The van der Waals surface area contributed by atoms with E-state index < -0.39 is 42.0 Å². The molecule has 4 aromatic rings. The molecule has 2 atom stereocenters. The number of carboxylic acids is 1. The number of aliphatic hydroxyl groups excluding tert-OH is 1. The molecule has 0 saturated carbocycles. The van der Waals surface area contributed by atoms with Crippen molar-refractivity contribution in [1.29, 1.82) is 0 Å². The van der Waals surface area contributed by atoms with Gasteiger partial charge in [-0.15, -0.1) is 13.2 Å². The third-order valence-corrected chi connectivity index (χ3v) is 6.24. The monoisotopic (exact) mass is 555 g/mol. The summed E-state index contributed by atoms with van der Waals surface area (Å²) in [6.07, 6.45) is -4.36. The van der Waals surface area contributed by atoms with E-state index in [1.54, 1.807) is 0 Å². The van der Waals surface area contributed by atoms with E-state index in [2.05, 4.69) is 25.5 Å². The summed E-state index contributed by atoms with van der Waals surface area (Å²) in [5, 5.41) is 29.1. The Morgan fingerprint density at radius 3 is 2.62 bits per heavy atom.